The molecule has 0 radical (unpaired) electrons. The first-order valence-corrected chi connectivity index (χ1v) is 8.92. The van der Waals surface area contributed by atoms with E-state index in [9.17, 15) is 4.79 Å². The van der Waals surface area contributed by atoms with Crippen LogP contribution >= 0.6 is 11.8 Å². The summed E-state index contributed by atoms with van der Waals surface area (Å²) in [6.07, 6.45) is 3.59. The molecule has 118 valence electrons. The Morgan fingerprint density at radius 1 is 1.17 bits per heavy atom. The largest absolute Gasteiger partial charge is 0.322 e. The molecule has 3 heteroatoms. The zero-order valence-electron chi connectivity index (χ0n) is 13.5. The van der Waals surface area contributed by atoms with Crippen molar-refractivity contribution in [3.63, 3.8) is 0 Å². The number of amides is 1. The van der Waals surface area contributed by atoms with E-state index in [1.165, 1.54) is 16.7 Å². The van der Waals surface area contributed by atoms with Gasteiger partial charge in [0.1, 0.15) is 5.37 Å². The fourth-order valence-corrected chi connectivity index (χ4v) is 4.24. The van der Waals surface area contributed by atoms with Crippen LogP contribution in [0, 0.1) is 13.8 Å². The minimum atomic E-state index is 0.0869. The van der Waals surface area contributed by atoms with E-state index in [4.69, 9.17) is 0 Å². The first-order valence-electron chi connectivity index (χ1n) is 7.87. The van der Waals surface area contributed by atoms with Crippen LogP contribution in [-0.2, 0) is 4.79 Å². The summed E-state index contributed by atoms with van der Waals surface area (Å²) in [6, 6.07) is 16.4. The predicted molar refractivity (Wildman–Crippen MR) is 98.3 cm³/mol. The predicted octanol–water partition coefficient (Wildman–Crippen LogP) is 4.59. The van der Waals surface area contributed by atoms with Gasteiger partial charge < -0.3 is 4.90 Å². The lowest BCUT2D eigenvalue weighted by Gasteiger charge is -2.24. The summed E-state index contributed by atoms with van der Waals surface area (Å²) in [6.45, 7) is 5.04. The van der Waals surface area contributed by atoms with Crippen LogP contribution in [0.15, 0.2) is 54.6 Å². The molecule has 1 aliphatic heterocycles. The molecule has 23 heavy (non-hydrogen) atoms. The van der Waals surface area contributed by atoms with Gasteiger partial charge in [0.2, 0.25) is 5.91 Å². The number of nitrogens with zero attached hydrogens (tertiary/aromatic N) is 1. The zero-order chi connectivity index (χ0) is 16.2. The molecule has 0 aliphatic carbocycles. The maximum absolute atomic E-state index is 12.6. The van der Waals surface area contributed by atoms with E-state index in [0.29, 0.717) is 0 Å². The van der Waals surface area contributed by atoms with Crippen molar-refractivity contribution in [1.29, 1.82) is 0 Å². The van der Waals surface area contributed by atoms with Gasteiger partial charge in [0.25, 0.3) is 0 Å². The van der Waals surface area contributed by atoms with E-state index >= 15 is 0 Å². The van der Waals surface area contributed by atoms with Gasteiger partial charge in [-0.15, -0.1) is 11.8 Å². The number of rotatable bonds is 3. The Kier molecular flexibility index (Phi) is 4.87. The second-order valence-corrected chi connectivity index (χ2v) is 7.05. The summed E-state index contributed by atoms with van der Waals surface area (Å²) >= 11 is 1.84. The molecule has 0 bridgehead atoms. The van der Waals surface area contributed by atoms with E-state index in [2.05, 4.69) is 32.0 Å². The van der Waals surface area contributed by atoms with Gasteiger partial charge in [-0.3, -0.25) is 4.79 Å². The van der Waals surface area contributed by atoms with Gasteiger partial charge in [-0.2, -0.15) is 0 Å². The molecule has 2 nitrogen and oxygen atoms in total. The van der Waals surface area contributed by atoms with Gasteiger partial charge in [0, 0.05) is 18.4 Å². The number of hydrogen-bond acceptors (Lipinski definition) is 2. The molecule has 1 atom stereocenters. The average molecular weight is 323 g/mol. The van der Waals surface area contributed by atoms with Crippen LogP contribution in [0.3, 0.4) is 0 Å². The Labute approximate surface area is 142 Å². The first kappa shape index (κ1) is 15.9. The highest BCUT2D eigenvalue weighted by Crippen LogP contribution is 2.39. The summed E-state index contributed by atoms with van der Waals surface area (Å²) in [5.74, 6) is 1.08. The van der Waals surface area contributed by atoms with Crippen molar-refractivity contribution in [1.82, 2.24) is 4.90 Å². The van der Waals surface area contributed by atoms with Crippen LogP contribution in [-0.4, -0.2) is 23.1 Å². The number of aryl methyl sites for hydroxylation is 2. The maximum atomic E-state index is 12.6. The Balaban J connectivity index is 1.78. The Morgan fingerprint density at radius 3 is 2.70 bits per heavy atom. The molecule has 1 saturated heterocycles. The van der Waals surface area contributed by atoms with Crippen LogP contribution in [0.4, 0.5) is 0 Å². The topological polar surface area (TPSA) is 20.3 Å². The van der Waals surface area contributed by atoms with Crippen LogP contribution < -0.4 is 0 Å². The second-order valence-electron chi connectivity index (χ2n) is 5.86. The number of thioether (sulfide) groups is 1. The fraction of sp³-hybridized carbons (Fsp3) is 0.250. The Morgan fingerprint density at radius 2 is 1.96 bits per heavy atom. The van der Waals surface area contributed by atoms with E-state index in [1.807, 2.05) is 53.1 Å². The number of carbonyl (C=O) groups is 1. The van der Waals surface area contributed by atoms with Gasteiger partial charge in [-0.05, 0) is 36.6 Å². The van der Waals surface area contributed by atoms with Gasteiger partial charge in [-0.25, -0.2) is 0 Å². The number of carbonyl (C=O) groups excluding carboxylic acids is 1. The molecule has 1 amide bonds. The van der Waals surface area contributed by atoms with Crippen molar-refractivity contribution in [3.8, 4) is 0 Å². The van der Waals surface area contributed by atoms with Crippen molar-refractivity contribution < 1.29 is 4.79 Å². The molecule has 0 aromatic heterocycles. The van der Waals surface area contributed by atoms with Crippen molar-refractivity contribution in [2.24, 2.45) is 0 Å². The third kappa shape index (κ3) is 3.67. The Bertz CT molecular complexity index is 724. The van der Waals surface area contributed by atoms with Crippen molar-refractivity contribution in [2.75, 3.05) is 12.3 Å². The highest BCUT2D eigenvalue weighted by molar-refractivity contribution is 7.99. The third-order valence-corrected chi connectivity index (χ3v) is 5.33. The minimum absolute atomic E-state index is 0.0869. The molecule has 1 fully saturated rings. The summed E-state index contributed by atoms with van der Waals surface area (Å²) in [5, 5.41) is 0.128. The number of hydrogen-bond donors (Lipinski definition) is 0. The lowest BCUT2D eigenvalue weighted by atomic mass is 10.0. The lowest BCUT2D eigenvalue weighted by molar-refractivity contribution is -0.126. The fourth-order valence-electron chi connectivity index (χ4n) is 2.88. The second kappa shape index (κ2) is 7.05. The molecule has 2 aromatic carbocycles. The summed E-state index contributed by atoms with van der Waals surface area (Å²) in [5.41, 5.74) is 4.82. The normalized spacial score (nSPS) is 17.8. The van der Waals surface area contributed by atoms with E-state index in [-0.39, 0.29) is 11.3 Å². The molecule has 0 spiro atoms. The summed E-state index contributed by atoms with van der Waals surface area (Å²) in [7, 11) is 0. The van der Waals surface area contributed by atoms with Crippen molar-refractivity contribution in [2.45, 2.75) is 19.2 Å². The molecular formula is C20H21NOS. The van der Waals surface area contributed by atoms with Gasteiger partial charge in [-0.1, -0.05) is 54.1 Å². The standard InChI is InChI=1S/C20H21NOS/c1-15-8-10-18(16(2)14-15)20-21(12-13-23-20)19(22)11-9-17-6-4-3-5-7-17/h3-11,14,20H,12-13H2,1-2H3/b11-9+/t20-/m1/s1. The molecule has 1 aliphatic rings. The van der Waals surface area contributed by atoms with Crippen LogP contribution in [0.25, 0.3) is 6.08 Å². The Hall–Kier alpha value is -2.00. The SMILES string of the molecule is Cc1ccc([C@H]2SCCN2C(=O)/C=C/c2ccccc2)c(C)c1. The van der Waals surface area contributed by atoms with Gasteiger partial charge in [0.05, 0.1) is 0 Å². The minimum Gasteiger partial charge on any atom is -0.322 e. The summed E-state index contributed by atoms with van der Waals surface area (Å²) < 4.78 is 0. The van der Waals surface area contributed by atoms with Crippen LogP contribution in [0.1, 0.15) is 27.6 Å². The maximum Gasteiger partial charge on any atom is 0.247 e. The molecule has 2 aromatic rings. The average Bonchev–Trinajstić information content (AvgIpc) is 3.03. The number of benzene rings is 2. The quantitative estimate of drug-likeness (QED) is 0.770. The van der Waals surface area contributed by atoms with Gasteiger partial charge in [0.15, 0.2) is 0 Å². The highest BCUT2D eigenvalue weighted by Gasteiger charge is 2.30. The highest BCUT2D eigenvalue weighted by atomic mass is 32.2. The molecular weight excluding hydrogens is 302 g/mol. The van der Waals surface area contributed by atoms with E-state index in [0.717, 1.165) is 17.9 Å². The molecule has 0 unspecified atom stereocenters. The smallest absolute Gasteiger partial charge is 0.247 e. The monoisotopic (exact) mass is 323 g/mol. The zero-order valence-corrected chi connectivity index (χ0v) is 14.3. The molecule has 1 heterocycles. The van der Waals surface area contributed by atoms with Crippen LogP contribution in [0.2, 0.25) is 0 Å². The molecule has 0 N–H and O–H groups in total. The van der Waals surface area contributed by atoms with Gasteiger partial charge >= 0.3 is 0 Å². The van der Waals surface area contributed by atoms with E-state index < -0.39 is 0 Å². The van der Waals surface area contributed by atoms with Crippen molar-refractivity contribution in [3.05, 3.63) is 76.9 Å². The van der Waals surface area contributed by atoms with Crippen LogP contribution in [0.5, 0.6) is 0 Å². The lowest BCUT2D eigenvalue weighted by Crippen LogP contribution is -2.29. The van der Waals surface area contributed by atoms with E-state index in [1.54, 1.807) is 6.08 Å². The third-order valence-electron chi connectivity index (χ3n) is 4.08. The summed E-state index contributed by atoms with van der Waals surface area (Å²) in [4.78, 5) is 14.6. The molecule has 3 rings (SSSR count). The van der Waals surface area contributed by atoms with Crippen molar-refractivity contribution >= 4 is 23.7 Å². The first-order chi connectivity index (χ1) is 11.1. The molecule has 0 saturated carbocycles.